The molecule has 1 aliphatic heterocycles. The van der Waals surface area contributed by atoms with Crippen LogP contribution in [0.5, 0.6) is 11.5 Å². The first-order valence-electron chi connectivity index (χ1n) is 8.63. The maximum atomic E-state index is 11.8. The maximum absolute atomic E-state index is 11.8. The molecule has 1 amide bonds. The molecule has 0 spiro atoms. The van der Waals surface area contributed by atoms with Crippen LogP contribution in [0.4, 0.5) is 0 Å². The predicted octanol–water partition coefficient (Wildman–Crippen LogP) is 2.46. The summed E-state index contributed by atoms with van der Waals surface area (Å²) in [5.41, 5.74) is 0. The molecular weight excluding hydrogens is 292 g/mol. The first-order chi connectivity index (χ1) is 11.3. The second-order valence-corrected chi connectivity index (χ2v) is 5.77. The lowest BCUT2D eigenvalue weighted by molar-refractivity contribution is -0.123. The number of nitrogens with zero attached hydrogens (tertiary/aromatic N) is 1. The third-order valence-corrected chi connectivity index (χ3v) is 3.93. The van der Waals surface area contributed by atoms with E-state index in [1.807, 2.05) is 31.2 Å². The molecule has 1 heterocycles. The number of para-hydroxylation sites is 2. The van der Waals surface area contributed by atoms with Crippen molar-refractivity contribution in [1.82, 2.24) is 10.2 Å². The zero-order chi connectivity index (χ0) is 16.3. The molecule has 2 rings (SSSR count). The van der Waals surface area contributed by atoms with Crippen LogP contribution in [0.2, 0.25) is 0 Å². The molecule has 0 aromatic heterocycles. The van der Waals surface area contributed by atoms with Gasteiger partial charge in [0.2, 0.25) is 0 Å². The number of hydrogen-bond acceptors (Lipinski definition) is 4. The highest BCUT2D eigenvalue weighted by Gasteiger charge is 2.10. The zero-order valence-corrected chi connectivity index (χ0v) is 14.1. The zero-order valence-electron chi connectivity index (χ0n) is 14.1. The SMILES string of the molecule is CCOc1ccccc1OCC(=O)NCCCN1CCCCC1. The Morgan fingerprint density at radius 2 is 1.83 bits per heavy atom. The van der Waals surface area contributed by atoms with Gasteiger partial charge in [0.15, 0.2) is 18.1 Å². The van der Waals surface area contributed by atoms with Gasteiger partial charge in [0, 0.05) is 6.54 Å². The molecule has 0 radical (unpaired) electrons. The molecule has 5 heteroatoms. The van der Waals surface area contributed by atoms with Crippen LogP contribution in [0.25, 0.3) is 0 Å². The van der Waals surface area contributed by atoms with Crippen LogP contribution in [0, 0.1) is 0 Å². The Kier molecular flexibility index (Phi) is 7.73. The highest BCUT2D eigenvalue weighted by molar-refractivity contribution is 5.77. The minimum atomic E-state index is -0.0880. The molecule has 0 bridgehead atoms. The number of ether oxygens (including phenoxy) is 2. The number of carbonyl (C=O) groups excluding carboxylic acids is 1. The topological polar surface area (TPSA) is 50.8 Å². The minimum absolute atomic E-state index is 0.0216. The number of carbonyl (C=O) groups is 1. The lowest BCUT2D eigenvalue weighted by Gasteiger charge is -2.26. The fourth-order valence-corrected chi connectivity index (χ4v) is 2.75. The van der Waals surface area contributed by atoms with E-state index in [-0.39, 0.29) is 12.5 Å². The van der Waals surface area contributed by atoms with Crippen LogP contribution in [-0.2, 0) is 4.79 Å². The number of nitrogens with one attached hydrogen (secondary N) is 1. The Morgan fingerprint density at radius 1 is 1.13 bits per heavy atom. The molecule has 23 heavy (non-hydrogen) atoms. The highest BCUT2D eigenvalue weighted by atomic mass is 16.5. The van der Waals surface area contributed by atoms with Crippen LogP contribution in [-0.4, -0.2) is 50.2 Å². The number of benzene rings is 1. The van der Waals surface area contributed by atoms with Crippen molar-refractivity contribution < 1.29 is 14.3 Å². The molecule has 128 valence electrons. The van der Waals surface area contributed by atoms with Crippen molar-refractivity contribution in [2.75, 3.05) is 39.4 Å². The number of piperidine rings is 1. The molecule has 0 atom stereocenters. The first-order valence-corrected chi connectivity index (χ1v) is 8.63. The summed E-state index contributed by atoms with van der Waals surface area (Å²) >= 11 is 0. The predicted molar refractivity (Wildman–Crippen MR) is 91.0 cm³/mol. The quantitative estimate of drug-likeness (QED) is 0.710. The van der Waals surface area contributed by atoms with E-state index in [1.54, 1.807) is 0 Å². The lowest BCUT2D eigenvalue weighted by atomic mass is 10.1. The van der Waals surface area contributed by atoms with Gasteiger partial charge in [-0.1, -0.05) is 18.6 Å². The van der Waals surface area contributed by atoms with Gasteiger partial charge in [-0.15, -0.1) is 0 Å². The number of likely N-dealkylation sites (tertiary alicyclic amines) is 1. The van der Waals surface area contributed by atoms with E-state index < -0.39 is 0 Å². The summed E-state index contributed by atoms with van der Waals surface area (Å²) in [4.78, 5) is 14.3. The summed E-state index contributed by atoms with van der Waals surface area (Å²) in [6, 6.07) is 7.41. The third kappa shape index (κ3) is 6.48. The van der Waals surface area contributed by atoms with Crippen LogP contribution in [0.1, 0.15) is 32.6 Å². The van der Waals surface area contributed by atoms with Gasteiger partial charge in [0.25, 0.3) is 5.91 Å². The van der Waals surface area contributed by atoms with E-state index >= 15 is 0 Å². The van der Waals surface area contributed by atoms with E-state index in [1.165, 1.54) is 32.4 Å². The Morgan fingerprint density at radius 3 is 2.52 bits per heavy atom. The highest BCUT2D eigenvalue weighted by Crippen LogP contribution is 2.26. The molecule has 5 nitrogen and oxygen atoms in total. The Labute approximate surface area is 139 Å². The van der Waals surface area contributed by atoms with Crippen molar-refractivity contribution in [3.05, 3.63) is 24.3 Å². The van der Waals surface area contributed by atoms with Gasteiger partial charge >= 0.3 is 0 Å². The smallest absolute Gasteiger partial charge is 0.257 e. The maximum Gasteiger partial charge on any atom is 0.257 e. The van der Waals surface area contributed by atoms with E-state index in [9.17, 15) is 4.79 Å². The minimum Gasteiger partial charge on any atom is -0.490 e. The van der Waals surface area contributed by atoms with Crippen molar-refractivity contribution in [1.29, 1.82) is 0 Å². The van der Waals surface area contributed by atoms with E-state index in [4.69, 9.17) is 9.47 Å². The van der Waals surface area contributed by atoms with Crippen molar-refractivity contribution >= 4 is 5.91 Å². The summed E-state index contributed by atoms with van der Waals surface area (Å²) in [5, 5.41) is 2.91. The number of hydrogen-bond donors (Lipinski definition) is 1. The van der Waals surface area contributed by atoms with Crippen molar-refractivity contribution in [2.24, 2.45) is 0 Å². The van der Waals surface area contributed by atoms with Crippen molar-refractivity contribution in [3.8, 4) is 11.5 Å². The molecule has 1 N–H and O–H groups in total. The monoisotopic (exact) mass is 320 g/mol. The van der Waals surface area contributed by atoms with Gasteiger partial charge in [0.05, 0.1) is 6.61 Å². The second kappa shape index (κ2) is 10.1. The fourth-order valence-electron chi connectivity index (χ4n) is 2.75. The van der Waals surface area contributed by atoms with E-state index in [0.717, 1.165) is 13.0 Å². The lowest BCUT2D eigenvalue weighted by Crippen LogP contribution is -2.34. The molecule has 1 aromatic carbocycles. The Hall–Kier alpha value is -1.75. The first kappa shape index (κ1) is 17.6. The molecule has 1 saturated heterocycles. The Balaban J connectivity index is 1.61. The van der Waals surface area contributed by atoms with Gasteiger partial charge in [-0.2, -0.15) is 0 Å². The fraction of sp³-hybridized carbons (Fsp3) is 0.611. The molecule has 0 unspecified atom stereocenters. The van der Waals surface area contributed by atoms with Crippen molar-refractivity contribution in [3.63, 3.8) is 0 Å². The van der Waals surface area contributed by atoms with Crippen molar-refractivity contribution in [2.45, 2.75) is 32.6 Å². The normalized spacial score (nSPS) is 15.2. The molecular formula is C18H28N2O3. The van der Waals surface area contributed by atoms with Gasteiger partial charge in [-0.3, -0.25) is 4.79 Å². The second-order valence-electron chi connectivity index (χ2n) is 5.77. The average molecular weight is 320 g/mol. The van der Waals surface area contributed by atoms with Gasteiger partial charge in [0.1, 0.15) is 0 Å². The van der Waals surface area contributed by atoms with Gasteiger partial charge in [-0.25, -0.2) is 0 Å². The summed E-state index contributed by atoms with van der Waals surface area (Å²) < 4.78 is 11.0. The van der Waals surface area contributed by atoms with E-state index in [0.29, 0.717) is 24.7 Å². The molecule has 0 aliphatic carbocycles. The summed E-state index contributed by atoms with van der Waals surface area (Å²) in [6.45, 7) is 6.68. The van der Waals surface area contributed by atoms with Crippen LogP contribution in [0.3, 0.4) is 0 Å². The molecule has 1 fully saturated rings. The third-order valence-electron chi connectivity index (χ3n) is 3.93. The number of amides is 1. The molecule has 1 aromatic rings. The van der Waals surface area contributed by atoms with E-state index in [2.05, 4.69) is 10.2 Å². The van der Waals surface area contributed by atoms with Crippen LogP contribution < -0.4 is 14.8 Å². The summed E-state index contributed by atoms with van der Waals surface area (Å²) in [7, 11) is 0. The standard InChI is InChI=1S/C18H28N2O3/c1-2-22-16-9-4-5-10-17(16)23-15-18(21)19-11-8-14-20-12-6-3-7-13-20/h4-5,9-10H,2-3,6-8,11-15H2,1H3,(H,19,21). The summed E-state index contributed by atoms with van der Waals surface area (Å²) in [6.07, 6.45) is 4.95. The van der Waals surface area contributed by atoms with Gasteiger partial charge in [-0.05, 0) is 58.0 Å². The van der Waals surface area contributed by atoms with Crippen LogP contribution in [0.15, 0.2) is 24.3 Å². The molecule has 1 aliphatic rings. The molecule has 0 saturated carbocycles. The van der Waals surface area contributed by atoms with Crippen LogP contribution >= 0.6 is 0 Å². The number of rotatable bonds is 9. The van der Waals surface area contributed by atoms with Gasteiger partial charge < -0.3 is 19.7 Å². The average Bonchev–Trinajstić information content (AvgIpc) is 2.59. The summed E-state index contributed by atoms with van der Waals surface area (Å²) in [5.74, 6) is 1.20. The Bertz CT molecular complexity index is 473. The largest absolute Gasteiger partial charge is 0.490 e.